The van der Waals surface area contributed by atoms with E-state index >= 15 is 0 Å². The average Bonchev–Trinajstić information content (AvgIpc) is 2.94. The first kappa shape index (κ1) is 14.0. The van der Waals surface area contributed by atoms with Gasteiger partial charge in [-0.2, -0.15) is 0 Å². The van der Waals surface area contributed by atoms with Gasteiger partial charge in [0, 0.05) is 5.56 Å². The first-order valence-electron chi connectivity index (χ1n) is 6.49. The minimum atomic E-state index is 0.293. The molecule has 0 saturated carbocycles. The lowest BCUT2D eigenvalue weighted by atomic mass is 10.2. The van der Waals surface area contributed by atoms with Crippen LogP contribution in [0.1, 0.15) is 31.3 Å². The first-order valence-corrected chi connectivity index (χ1v) is 7.31. The molecule has 2 rings (SSSR count). The van der Waals surface area contributed by atoms with Gasteiger partial charge < -0.3 is 10.1 Å². The second kappa shape index (κ2) is 6.63. The van der Waals surface area contributed by atoms with Crippen molar-refractivity contribution in [3.8, 4) is 16.3 Å². The van der Waals surface area contributed by atoms with E-state index in [9.17, 15) is 0 Å². The monoisotopic (exact) mass is 277 g/mol. The van der Waals surface area contributed by atoms with E-state index in [-0.39, 0.29) is 0 Å². The molecule has 0 saturated heterocycles. The highest BCUT2D eigenvalue weighted by atomic mass is 32.1. The number of hydrogen-bond acceptors (Lipinski definition) is 5. The van der Waals surface area contributed by atoms with Crippen molar-refractivity contribution >= 4 is 11.3 Å². The van der Waals surface area contributed by atoms with Crippen LogP contribution in [0.4, 0.5) is 0 Å². The first-order chi connectivity index (χ1) is 9.28. The molecule has 0 fully saturated rings. The molecule has 19 heavy (non-hydrogen) atoms. The smallest absolute Gasteiger partial charge is 0.147 e. The van der Waals surface area contributed by atoms with E-state index in [4.69, 9.17) is 4.74 Å². The third-order valence-corrected chi connectivity index (χ3v) is 4.00. The lowest BCUT2D eigenvalue weighted by Crippen LogP contribution is -2.19. The Morgan fingerprint density at radius 2 is 2.16 bits per heavy atom. The highest BCUT2D eigenvalue weighted by Crippen LogP contribution is 2.29. The fourth-order valence-corrected chi connectivity index (χ4v) is 2.90. The standard InChI is InChI=1S/C14H19N3OS/c1-4-12(15-5-2)14-17-16-13(19-14)10-7-6-8-11(9-10)18-3/h6-9,12,15H,4-5H2,1-3H3. The number of hydrogen-bond donors (Lipinski definition) is 1. The summed E-state index contributed by atoms with van der Waals surface area (Å²) in [7, 11) is 1.67. The zero-order chi connectivity index (χ0) is 13.7. The Morgan fingerprint density at radius 1 is 1.32 bits per heavy atom. The number of benzene rings is 1. The van der Waals surface area contributed by atoms with E-state index in [2.05, 4.69) is 29.4 Å². The average molecular weight is 277 g/mol. The van der Waals surface area contributed by atoms with E-state index in [1.807, 2.05) is 24.3 Å². The Hall–Kier alpha value is -1.46. The Bertz CT molecular complexity index is 527. The van der Waals surface area contributed by atoms with E-state index < -0.39 is 0 Å². The number of rotatable bonds is 6. The molecule has 0 spiro atoms. The lowest BCUT2D eigenvalue weighted by Gasteiger charge is -2.10. The zero-order valence-corrected chi connectivity index (χ0v) is 12.3. The van der Waals surface area contributed by atoms with Crippen LogP contribution in [0.5, 0.6) is 5.75 Å². The fourth-order valence-electron chi connectivity index (χ4n) is 1.90. The van der Waals surface area contributed by atoms with Crippen LogP contribution in [0.25, 0.3) is 10.6 Å². The van der Waals surface area contributed by atoms with Crippen LogP contribution < -0.4 is 10.1 Å². The van der Waals surface area contributed by atoms with Crippen molar-refractivity contribution in [3.05, 3.63) is 29.3 Å². The molecular weight excluding hydrogens is 258 g/mol. The highest BCUT2D eigenvalue weighted by molar-refractivity contribution is 7.14. The Morgan fingerprint density at radius 3 is 2.84 bits per heavy atom. The van der Waals surface area contributed by atoms with Gasteiger partial charge in [-0.1, -0.05) is 37.3 Å². The minimum Gasteiger partial charge on any atom is -0.497 e. The molecule has 0 radical (unpaired) electrons. The number of ether oxygens (including phenoxy) is 1. The Labute approximate surface area is 117 Å². The van der Waals surface area contributed by atoms with E-state index in [0.29, 0.717) is 6.04 Å². The summed E-state index contributed by atoms with van der Waals surface area (Å²) >= 11 is 1.64. The molecule has 0 bridgehead atoms. The van der Waals surface area contributed by atoms with Crippen LogP contribution in [-0.4, -0.2) is 23.9 Å². The van der Waals surface area contributed by atoms with Crippen molar-refractivity contribution < 1.29 is 4.74 Å². The van der Waals surface area contributed by atoms with Gasteiger partial charge in [0.05, 0.1) is 13.2 Å². The zero-order valence-electron chi connectivity index (χ0n) is 11.5. The molecular formula is C14H19N3OS. The van der Waals surface area contributed by atoms with Gasteiger partial charge in [-0.05, 0) is 25.1 Å². The molecule has 2 aromatic rings. The quantitative estimate of drug-likeness (QED) is 0.880. The molecule has 1 aromatic heterocycles. The molecule has 1 atom stereocenters. The second-order valence-electron chi connectivity index (χ2n) is 4.20. The SMILES string of the molecule is CCNC(CC)c1nnc(-c2cccc(OC)c2)s1. The summed E-state index contributed by atoms with van der Waals surface area (Å²) in [6.07, 6.45) is 1.01. The molecule has 0 aliphatic rings. The van der Waals surface area contributed by atoms with Crippen LogP contribution in [0.3, 0.4) is 0 Å². The largest absolute Gasteiger partial charge is 0.497 e. The van der Waals surface area contributed by atoms with Gasteiger partial charge in [-0.25, -0.2) is 0 Å². The molecule has 102 valence electrons. The summed E-state index contributed by atoms with van der Waals surface area (Å²) in [5, 5.41) is 14.0. The van der Waals surface area contributed by atoms with Crippen molar-refractivity contribution in [1.29, 1.82) is 0 Å². The van der Waals surface area contributed by atoms with Gasteiger partial charge in [0.15, 0.2) is 0 Å². The molecule has 1 N–H and O–H groups in total. The summed E-state index contributed by atoms with van der Waals surface area (Å²) in [5.41, 5.74) is 1.05. The summed E-state index contributed by atoms with van der Waals surface area (Å²) in [6.45, 7) is 5.19. The molecule has 1 heterocycles. The van der Waals surface area contributed by atoms with Crippen molar-refractivity contribution in [1.82, 2.24) is 15.5 Å². The van der Waals surface area contributed by atoms with Gasteiger partial charge in [0.2, 0.25) is 0 Å². The summed E-state index contributed by atoms with van der Waals surface area (Å²) in [4.78, 5) is 0. The molecule has 0 aliphatic heterocycles. The normalized spacial score (nSPS) is 12.4. The third kappa shape index (κ3) is 3.30. The Kier molecular flexibility index (Phi) is 4.87. The van der Waals surface area contributed by atoms with Crippen molar-refractivity contribution in [2.24, 2.45) is 0 Å². The maximum atomic E-state index is 5.23. The Balaban J connectivity index is 2.24. The predicted molar refractivity (Wildman–Crippen MR) is 78.6 cm³/mol. The highest BCUT2D eigenvalue weighted by Gasteiger charge is 2.14. The maximum Gasteiger partial charge on any atom is 0.147 e. The number of nitrogens with one attached hydrogen (secondary N) is 1. The molecule has 1 unspecified atom stereocenters. The summed E-state index contributed by atoms with van der Waals surface area (Å²) in [5.74, 6) is 0.841. The third-order valence-electron chi connectivity index (χ3n) is 2.91. The van der Waals surface area contributed by atoms with Gasteiger partial charge in [-0.3, -0.25) is 0 Å². The summed E-state index contributed by atoms with van der Waals surface area (Å²) in [6, 6.07) is 8.21. The molecule has 0 aliphatic carbocycles. The van der Waals surface area contributed by atoms with E-state index in [0.717, 1.165) is 34.3 Å². The van der Waals surface area contributed by atoms with Gasteiger partial charge in [0.1, 0.15) is 15.8 Å². The summed E-state index contributed by atoms with van der Waals surface area (Å²) < 4.78 is 5.23. The van der Waals surface area contributed by atoms with Gasteiger partial charge in [-0.15, -0.1) is 10.2 Å². The van der Waals surface area contributed by atoms with E-state index in [1.165, 1.54) is 0 Å². The van der Waals surface area contributed by atoms with Crippen LogP contribution >= 0.6 is 11.3 Å². The second-order valence-corrected chi connectivity index (χ2v) is 5.21. The topological polar surface area (TPSA) is 47.0 Å². The molecule has 4 nitrogen and oxygen atoms in total. The fraction of sp³-hybridized carbons (Fsp3) is 0.429. The van der Waals surface area contributed by atoms with Crippen molar-refractivity contribution in [3.63, 3.8) is 0 Å². The molecule has 0 amide bonds. The van der Waals surface area contributed by atoms with Crippen LogP contribution in [0, 0.1) is 0 Å². The van der Waals surface area contributed by atoms with Gasteiger partial charge in [0.25, 0.3) is 0 Å². The van der Waals surface area contributed by atoms with Crippen LogP contribution in [0.2, 0.25) is 0 Å². The molecule has 5 heteroatoms. The number of nitrogens with zero attached hydrogens (tertiary/aromatic N) is 2. The predicted octanol–water partition coefficient (Wildman–Crippen LogP) is 3.27. The minimum absolute atomic E-state index is 0.293. The lowest BCUT2D eigenvalue weighted by molar-refractivity contribution is 0.415. The number of aromatic nitrogens is 2. The van der Waals surface area contributed by atoms with Gasteiger partial charge >= 0.3 is 0 Å². The number of methoxy groups -OCH3 is 1. The van der Waals surface area contributed by atoms with Crippen molar-refractivity contribution in [2.45, 2.75) is 26.3 Å². The maximum absolute atomic E-state index is 5.23. The van der Waals surface area contributed by atoms with Crippen LogP contribution in [0.15, 0.2) is 24.3 Å². The van der Waals surface area contributed by atoms with Crippen LogP contribution in [-0.2, 0) is 0 Å². The molecule has 1 aromatic carbocycles. The van der Waals surface area contributed by atoms with Crippen molar-refractivity contribution in [2.75, 3.05) is 13.7 Å². The van der Waals surface area contributed by atoms with E-state index in [1.54, 1.807) is 18.4 Å².